The number of carbonyl (C=O) groups is 2. The lowest BCUT2D eigenvalue weighted by Gasteiger charge is -2.30. The maximum Gasteiger partial charge on any atom is 0.433 e. The number of amides is 3. The molecule has 0 saturated heterocycles. The number of nitrogens with one attached hydrogen (secondary N) is 1. The maximum atomic E-state index is 12.7. The van der Waals surface area contributed by atoms with E-state index in [2.05, 4.69) is 10.3 Å². The summed E-state index contributed by atoms with van der Waals surface area (Å²) in [4.78, 5) is 29.8. The van der Waals surface area contributed by atoms with Crippen LogP contribution in [0.25, 0.3) is 11.3 Å². The number of rotatable bonds is 3. The average Bonchev–Trinajstić information content (AvgIpc) is 3.05. The third-order valence-corrected chi connectivity index (χ3v) is 5.43. The molecule has 10 heteroatoms. The lowest BCUT2D eigenvalue weighted by atomic mass is 10.0. The van der Waals surface area contributed by atoms with E-state index in [1.54, 1.807) is 0 Å². The zero-order chi connectivity index (χ0) is 23.0. The Balaban J connectivity index is 1.59. The molecule has 4 rings (SSSR count). The Bertz CT molecular complexity index is 1170. The van der Waals surface area contributed by atoms with E-state index in [9.17, 15) is 22.8 Å². The molecule has 0 bridgehead atoms. The Morgan fingerprint density at radius 1 is 1.09 bits per heavy atom. The third-order valence-electron chi connectivity index (χ3n) is 5.43. The summed E-state index contributed by atoms with van der Waals surface area (Å²) in [6.07, 6.45) is -3.60. The molecule has 1 aliphatic rings. The van der Waals surface area contributed by atoms with Crippen LogP contribution in [0.2, 0.25) is 0 Å². The van der Waals surface area contributed by atoms with Gasteiger partial charge in [0.05, 0.1) is 35.4 Å². The monoisotopic (exact) mass is 443 g/mol. The van der Waals surface area contributed by atoms with Gasteiger partial charge in [-0.05, 0) is 30.2 Å². The lowest BCUT2D eigenvalue weighted by Crippen LogP contribution is -2.41. The molecule has 0 saturated carbocycles. The Morgan fingerprint density at radius 3 is 2.41 bits per heavy atom. The minimum Gasteiger partial charge on any atom is -0.366 e. The molecule has 7 nitrogen and oxygen atoms in total. The van der Waals surface area contributed by atoms with Crippen molar-refractivity contribution in [1.82, 2.24) is 14.5 Å². The molecule has 3 heterocycles. The number of nitrogens with zero attached hydrogens (tertiary/aromatic N) is 3. The zero-order valence-corrected chi connectivity index (χ0v) is 17.1. The fourth-order valence-electron chi connectivity index (χ4n) is 4.01. The van der Waals surface area contributed by atoms with Crippen molar-refractivity contribution in [2.75, 3.05) is 11.9 Å². The second kappa shape index (κ2) is 8.03. The quantitative estimate of drug-likeness (QED) is 0.640. The molecule has 3 N–H and O–H groups in total. The van der Waals surface area contributed by atoms with Crippen LogP contribution in [-0.4, -0.2) is 32.9 Å². The summed E-state index contributed by atoms with van der Waals surface area (Å²) >= 11 is 0. The second-order valence-corrected chi connectivity index (χ2v) is 7.46. The Hall–Kier alpha value is -3.82. The number of hydrogen-bond acceptors (Lipinski definition) is 3. The summed E-state index contributed by atoms with van der Waals surface area (Å²) in [6.45, 7) is 2.74. The van der Waals surface area contributed by atoms with Gasteiger partial charge in [-0.2, -0.15) is 13.2 Å². The number of benzene rings is 1. The highest BCUT2D eigenvalue weighted by molar-refractivity contribution is 5.98. The summed E-state index contributed by atoms with van der Waals surface area (Å²) in [5, 5.41) is 2.55. The van der Waals surface area contributed by atoms with Crippen LogP contribution < -0.4 is 11.1 Å². The number of aromatic nitrogens is 2. The number of pyridine rings is 1. The largest absolute Gasteiger partial charge is 0.433 e. The first kappa shape index (κ1) is 21.4. The van der Waals surface area contributed by atoms with Crippen molar-refractivity contribution in [3.8, 4) is 11.3 Å². The van der Waals surface area contributed by atoms with E-state index in [1.807, 2.05) is 41.8 Å². The molecule has 0 spiro atoms. The highest BCUT2D eigenvalue weighted by Crippen LogP contribution is 2.34. The summed E-state index contributed by atoms with van der Waals surface area (Å²) in [5.74, 6) is -0.581. The van der Waals surface area contributed by atoms with E-state index >= 15 is 0 Å². The molecule has 3 aromatic rings. The van der Waals surface area contributed by atoms with Crippen LogP contribution >= 0.6 is 0 Å². The third kappa shape index (κ3) is 3.91. The van der Waals surface area contributed by atoms with E-state index < -0.39 is 23.8 Å². The van der Waals surface area contributed by atoms with Crippen molar-refractivity contribution >= 4 is 17.6 Å². The van der Waals surface area contributed by atoms with E-state index in [0.717, 1.165) is 35.2 Å². The van der Waals surface area contributed by atoms with Crippen molar-refractivity contribution < 1.29 is 22.8 Å². The van der Waals surface area contributed by atoms with E-state index in [0.29, 0.717) is 24.3 Å². The van der Waals surface area contributed by atoms with Crippen molar-refractivity contribution in [2.45, 2.75) is 26.2 Å². The number of nitrogens with two attached hydrogens (primary N) is 1. The first-order valence-electron chi connectivity index (χ1n) is 9.83. The number of hydrogen-bond donors (Lipinski definition) is 2. The molecule has 2 aromatic heterocycles. The smallest absolute Gasteiger partial charge is 0.366 e. The van der Waals surface area contributed by atoms with Crippen molar-refractivity contribution in [3.63, 3.8) is 0 Å². The van der Waals surface area contributed by atoms with E-state index in [4.69, 9.17) is 5.73 Å². The van der Waals surface area contributed by atoms with Gasteiger partial charge in [0.1, 0.15) is 5.69 Å². The normalized spacial score (nSPS) is 13.6. The number of alkyl halides is 3. The van der Waals surface area contributed by atoms with Gasteiger partial charge in [-0.25, -0.2) is 9.78 Å². The standard InChI is InChI=1S/C22H20F3N5O2/c1-13-18(20(26)31)16-12-29(9-10-30(16)19(13)14-5-3-2-4-6-14)21(32)28-15-7-8-17(27-11-15)22(23,24)25/h2-8,11H,9-10,12H2,1H3,(H2,26,31)(H,28,32). The van der Waals surface area contributed by atoms with Crippen LogP contribution in [0.4, 0.5) is 23.7 Å². The first-order chi connectivity index (χ1) is 15.2. The summed E-state index contributed by atoms with van der Waals surface area (Å²) in [5.41, 5.74) is 8.31. The first-order valence-corrected chi connectivity index (χ1v) is 9.83. The van der Waals surface area contributed by atoms with Gasteiger partial charge in [0, 0.05) is 13.1 Å². The van der Waals surface area contributed by atoms with Gasteiger partial charge in [0.15, 0.2) is 0 Å². The van der Waals surface area contributed by atoms with Crippen LogP contribution in [0, 0.1) is 6.92 Å². The SMILES string of the molecule is Cc1c(C(N)=O)c2n(c1-c1ccccc1)CCN(C(=O)Nc1ccc(C(F)(F)F)nc1)C2. The molecule has 0 unspecified atom stereocenters. The van der Waals surface area contributed by atoms with Crippen LogP contribution in [0.3, 0.4) is 0 Å². The fourth-order valence-corrected chi connectivity index (χ4v) is 4.01. The van der Waals surface area contributed by atoms with Crippen LogP contribution in [-0.2, 0) is 19.3 Å². The maximum absolute atomic E-state index is 12.7. The molecule has 1 aromatic carbocycles. The molecule has 0 fully saturated rings. The van der Waals surface area contributed by atoms with E-state index in [1.165, 1.54) is 4.90 Å². The van der Waals surface area contributed by atoms with Crippen molar-refractivity contribution in [2.24, 2.45) is 5.73 Å². The number of anilines is 1. The van der Waals surface area contributed by atoms with Crippen LogP contribution in [0.15, 0.2) is 48.7 Å². The second-order valence-electron chi connectivity index (χ2n) is 7.46. The van der Waals surface area contributed by atoms with Gasteiger partial charge in [0.2, 0.25) is 0 Å². The average molecular weight is 443 g/mol. The molecule has 1 aliphatic heterocycles. The molecule has 166 valence electrons. The molecular formula is C22H20F3N5O2. The number of primary amides is 1. The van der Waals surface area contributed by atoms with Gasteiger partial charge in [-0.15, -0.1) is 0 Å². The number of fused-ring (bicyclic) bond motifs is 1. The van der Waals surface area contributed by atoms with Crippen molar-refractivity contribution in [3.05, 3.63) is 71.2 Å². The minimum absolute atomic E-state index is 0.131. The summed E-state index contributed by atoms with van der Waals surface area (Å²) in [7, 11) is 0. The lowest BCUT2D eigenvalue weighted by molar-refractivity contribution is -0.141. The predicted octanol–water partition coefficient (Wildman–Crippen LogP) is 4.02. The number of halogens is 3. The van der Waals surface area contributed by atoms with Crippen molar-refractivity contribution in [1.29, 1.82) is 0 Å². The molecule has 0 aliphatic carbocycles. The Morgan fingerprint density at radius 2 is 1.81 bits per heavy atom. The molecule has 32 heavy (non-hydrogen) atoms. The van der Waals surface area contributed by atoms with Gasteiger partial charge < -0.3 is 20.5 Å². The van der Waals surface area contributed by atoms with Crippen LogP contribution in [0.5, 0.6) is 0 Å². The summed E-state index contributed by atoms with van der Waals surface area (Å²) in [6, 6.07) is 11.0. The van der Waals surface area contributed by atoms with Crippen LogP contribution in [0.1, 0.15) is 27.3 Å². The predicted molar refractivity (Wildman–Crippen MR) is 112 cm³/mol. The molecular weight excluding hydrogens is 423 g/mol. The number of carbonyl (C=O) groups excluding carboxylic acids is 2. The fraction of sp³-hybridized carbons (Fsp3) is 0.227. The highest BCUT2D eigenvalue weighted by Gasteiger charge is 2.33. The van der Waals surface area contributed by atoms with Gasteiger partial charge in [-0.1, -0.05) is 30.3 Å². The molecule has 0 radical (unpaired) electrons. The molecule has 0 atom stereocenters. The molecule has 3 amide bonds. The Labute approximate surface area is 181 Å². The van der Waals surface area contributed by atoms with Gasteiger partial charge >= 0.3 is 12.2 Å². The number of urea groups is 1. The minimum atomic E-state index is -4.56. The van der Waals surface area contributed by atoms with Gasteiger partial charge in [-0.3, -0.25) is 4.79 Å². The topological polar surface area (TPSA) is 93.3 Å². The highest BCUT2D eigenvalue weighted by atomic mass is 19.4. The van der Waals surface area contributed by atoms with E-state index in [-0.39, 0.29) is 12.2 Å². The zero-order valence-electron chi connectivity index (χ0n) is 17.1. The summed E-state index contributed by atoms with van der Waals surface area (Å²) < 4.78 is 40.0. The van der Waals surface area contributed by atoms with Gasteiger partial charge in [0.25, 0.3) is 5.91 Å². The Kier molecular flexibility index (Phi) is 5.37.